The van der Waals surface area contributed by atoms with Gasteiger partial charge in [0.2, 0.25) is 11.8 Å². The molecule has 202 valence electrons. The van der Waals surface area contributed by atoms with Gasteiger partial charge in [-0.15, -0.1) is 5.10 Å². The van der Waals surface area contributed by atoms with Gasteiger partial charge in [-0.1, -0.05) is 53.9 Å². The second-order valence-corrected chi connectivity index (χ2v) is 9.92. The molecule has 0 radical (unpaired) electrons. The van der Waals surface area contributed by atoms with Gasteiger partial charge in [-0.25, -0.2) is 4.68 Å². The largest absolute Gasteiger partial charge is 0.497 e. The number of carbonyl (C=O) groups excluding carboxylic acids is 2. The van der Waals surface area contributed by atoms with Gasteiger partial charge in [-0.3, -0.25) is 14.5 Å². The predicted octanol–water partition coefficient (Wildman–Crippen LogP) is 4.94. The van der Waals surface area contributed by atoms with Crippen LogP contribution in [0.4, 0.5) is 5.69 Å². The first-order chi connectivity index (χ1) is 19.0. The number of halogens is 1. The van der Waals surface area contributed by atoms with Gasteiger partial charge in [0.15, 0.2) is 0 Å². The molecule has 1 heterocycles. The molecule has 1 aliphatic carbocycles. The summed E-state index contributed by atoms with van der Waals surface area (Å²) in [6, 6.07) is 18.6. The summed E-state index contributed by atoms with van der Waals surface area (Å²) in [6.07, 6.45) is 3.91. The first-order valence-electron chi connectivity index (χ1n) is 12.9. The molecule has 2 amide bonds. The Balaban J connectivity index is 1.64. The van der Waals surface area contributed by atoms with Crippen molar-refractivity contribution < 1.29 is 19.1 Å². The summed E-state index contributed by atoms with van der Waals surface area (Å²) in [6.45, 7) is -0.159. The summed E-state index contributed by atoms with van der Waals surface area (Å²) in [7, 11) is 3.07. The summed E-state index contributed by atoms with van der Waals surface area (Å²) in [5, 5.41) is 12.0. The van der Waals surface area contributed by atoms with Gasteiger partial charge in [0.05, 0.1) is 25.4 Å². The Labute approximate surface area is 231 Å². The average molecular weight is 548 g/mol. The fourth-order valence-electron chi connectivity index (χ4n) is 5.09. The van der Waals surface area contributed by atoms with Crippen molar-refractivity contribution in [3.8, 4) is 11.5 Å². The van der Waals surface area contributed by atoms with Gasteiger partial charge < -0.3 is 14.8 Å². The molecule has 1 aliphatic rings. The van der Waals surface area contributed by atoms with Gasteiger partial charge >= 0.3 is 0 Å². The van der Waals surface area contributed by atoms with E-state index >= 15 is 0 Å². The van der Waals surface area contributed by atoms with E-state index in [1.165, 1.54) is 16.7 Å². The SMILES string of the molecule is COc1cccc(C(C(=O)NC2CCCC2)N(C(=O)Cn2nnc3ccccc32)c2cc(Cl)ccc2OC)c1. The minimum Gasteiger partial charge on any atom is -0.497 e. The Morgan fingerprint density at radius 2 is 1.85 bits per heavy atom. The van der Waals surface area contributed by atoms with Crippen LogP contribution < -0.4 is 19.7 Å². The van der Waals surface area contributed by atoms with Crippen molar-refractivity contribution in [2.75, 3.05) is 19.1 Å². The highest BCUT2D eigenvalue weighted by atomic mass is 35.5. The molecule has 0 spiro atoms. The molecule has 9 nitrogen and oxygen atoms in total. The van der Waals surface area contributed by atoms with Gasteiger partial charge in [0, 0.05) is 11.1 Å². The van der Waals surface area contributed by atoms with Crippen molar-refractivity contribution in [3.63, 3.8) is 0 Å². The number of amides is 2. The zero-order valence-corrected chi connectivity index (χ0v) is 22.6. The van der Waals surface area contributed by atoms with Crippen LogP contribution in [0.15, 0.2) is 66.7 Å². The minimum atomic E-state index is -1.03. The Bertz CT molecular complexity index is 1480. The fourth-order valence-corrected chi connectivity index (χ4v) is 5.25. The van der Waals surface area contributed by atoms with Crippen LogP contribution in [-0.2, 0) is 16.1 Å². The second kappa shape index (κ2) is 11.7. The summed E-state index contributed by atoms with van der Waals surface area (Å²) in [4.78, 5) is 29.8. The number of fused-ring (bicyclic) bond motifs is 1. The zero-order valence-electron chi connectivity index (χ0n) is 21.8. The first kappa shape index (κ1) is 26.5. The Morgan fingerprint density at radius 1 is 1.05 bits per heavy atom. The van der Waals surface area contributed by atoms with Crippen molar-refractivity contribution in [2.24, 2.45) is 0 Å². The van der Waals surface area contributed by atoms with Gasteiger partial charge in [0.25, 0.3) is 0 Å². The molecule has 0 saturated heterocycles. The molecule has 3 aromatic carbocycles. The molecule has 5 rings (SSSR count). The van der Waals surface area contributed by atoms with Crippen LogP contribution in [0, 0.1) is 0 Å². The third-order valence-corrected chi connectivity index (χ3v) is 7.23. The Morgan fingerprint density at radius 3 is 2.62 bits per heavy atom. The highest BCUT2D eigenvalue weighted by Gasteiger charge is 2.36. The Hall–Kier alpha value is -4.11. The van der Waals surface area contributed by atoms with Crippen LogP contribution >= 0.6 is 11.6 Å². The number of hydrogen-bond donors (Lipinski definition) is 1. The number of aromatic nitrogens is 3. The van der Waals surface area contributed by atoms with E-state index in [0.717, 1.165) is 25.7 Å². The third kappa shape index (κ3) is 5.68. The first-order valence-corrected chi connectivity index (χ1v) is 13.2. The van der Waals surface area contributed by atoms with Crippen molar-refractivity contribution >= 4 is 40.1 Å². The number of rotatable bonds is 9. The molecule has 1 aromatic heterocycles. The van der Waals surface area contributed by atoms with Crippen LogP contribution in [-0.4, -0.2) is 47.1 Å². The van der Waals surface area contributed by atoms with E-state index < -0.39 is 6.04 Å². The summed E-state index contributed by atoms with van der Waals surface area (Å²) in [5.41, 5.74) is 2.33. The molecule has 39 heavy (non-hydrogen) atoms. The van der Waals surface area contributed by atoms with E-state index in [0.29, 0.717) is 38.8 Å². The number of methoxy groups -OCH3 is 2. The van der Waals surface area contributed by atoms with E-state index in [1.807, 2.05) is 30.3 Å². The van der Waals surface area contributed by atoms with Crippen LogP contribution in [0.3, 0.4) is 0 Å². The molecule has 4 aromatic rings. The van der Waals surface area contributed by atoms with Gasteiger partial charge in [-0.05, 0) is 60.9 Å². The predicted molar refractivity (Wildman–Crippen MR) is 149 cm³/mol. The van der Waals surface area contributed by atoms with Crippen molar-refractivity contribution in [2.45, 2.75) is 44.3 Å². The number of hydrogen-bond acceptors (Lipinski definition) is 6. The lowest BCUT2D eigenvalue weighted by Crippen LogP contribution is -2.47. The van der Waals surface area contributed by atoms with Crippen molar-refractivity contribution in [1.29, 1.82) is 0 Å². The van der Waals surface area contributed by atoms with Gasteiger partial charge in [-0.2, -0.15) is 0 Å². The Kier molecular flexibility index (Phi) is 7.97. The summed E-state index contributed by atoms with van der Waals surface area (Å²) in [5.74, 6) is 0.284. The van der Waals surface area contributed by atoms with Crippen molar-refractivity contribution in [3.05, 3.63) is 77.3 Å². The lowest BCUT2D eigenvalue weighted by atomic mass is 10.0. The molecular formula is C29H30ClN5O4. The highest BCUT2D eigenvalue weighted by molar-refractivity contribution is 6.31. The van der Waals surface area contributed by atoms with E-state index in [2.05, 4.69) is 15.6 Å². The maximum absolute atomic E-state index is 14.3. The molecule has 1 N–H and O–H groups in total. The van der Waals surface area contributed by atoms with Crippen molar-refractivity contribution in [1.82, 2.24) is 20.3 Å². The maximum atomic E-state index is 14.3. The smallest absolute Gasteiger partial charge is 0.249 e. The van der Waals surface area contributed by atoms with Gasteiger partial charge in [0.1, 0.15) is 29.6 Å². The zero-order chi connectivity index (χ0) is 27.4. The van der Waals surface area contributed by atoms with Crippen LogP contribution in [0.25, 0.3) is 11.0 Å². The molecule has 1 saturated carbocycles. The number of benzene rings is 3. The number of ether oxygens (including phenoxy) is 2. The lowest BCUT2D eigenvalue weighted by molar-refractivity contribution is -0.127. The fraction of sp³-hybridized carbons (Fsp3) is 0.310. The summed E-state index contributed by atoms with van der Waals surface area (Å²) < 4.78 is 12.6. The lowest BCUT2D eigenvalue weighted by Gasteiger charge is -2.33. The number of nitrogens with zero attached hydrogens (tertiary/aromatic N) is 4. The van der Waals surface area contributed by atoms with E-state index in [-0.39, 0.29) is 24.4 Å². The quantitative estimate of drug-likeness (QED) is 0.319. The minimum absolute atomic E-state index is 0.0445. The summed E-state index contributed by atoms with van der Waals surface area (Å²) >= 11 is 6.42. The topological polar surface area (TPSA) is 98.6 Å². The number of nitrogens with one attached hydrogen (secondary N) is 1. The van der Waals surface area contributed by atoms with E-state index in [1.54, 1.807) is 43.5 Å². The molecule has 0 bridgehead atoms. The maximum Gasteiger partial charge on any atom is 0.249 e. The number of anilines is 1. The normalized spacial score (nSPS) is 14.2. The second-order valence-electron chi connectivity index (χ2n) is 9.48. The molecular weight excluding hydrogens is 518 g/mol. The highest BCUT2D eigenvalue weighted by Crippen LogP contribution is 2.38. The van der Waals surface area contributed by atoms with Crippen LogP contribution in [0.1, 0.15) is 37.3 Å². The third-order valence-electron chi connectivity index (χ3n) is 6.99. The number of carbonyl (C=O) groups is 2. The number of para-hydroxylation sites is 1. The van der Waals surface area contributed by atoms with E-state index in [9.17, 15) is 9.59 Å². The molecule has 0 aliphatic heterocycles. The standard InChI is InChI=1S/C29H30ClN5O4/c1-38-22-11-7-8-19(16-22)28(29(37)31-21-9-3-4-10-21)35(25-17-20(30)14-15-26(25)39-2)27(36)18-34-24-13-6-5-12-23(24)32-33-34/h5-8,11-17,21,28H,3-4,9-10,18H2,1-2H3,(H,31,37). The molecule has 1 atom stereocenters. The monoisotopic (exact) mass is 547 g/mol. The van der Waals surface area contributed by atoms with Crippen LogP contribution in [0.2, 0.25) is 5.02 Å². The average Bonchev–Trinajstić information content (AvgIpc) is 3.61. The molecule has 10 heteroatoms. The van der Waals surface area contributed by atoms with E-state index in [4.69, 9.17) is 21.1 Å². The van der Waals surface area contributed by atoms with Crippen LogP contribution in [0.5, 0.6) is 11.5 Å². The molecule has 1 fully saturated rings. The molecule has 1 unspecified atom stereocenters.